The van der Waals surface area contributed by atoms with Crippen LogP contribution < -0.4 is 26.2 Å². The number of H-pyrrole nitrogens is 1. The molecule has 0 unspecified atom stereocenters. The highest BCUT2D eigenvalue weighted by Gasteiger charge is 2.19. The first-order valence-corrected chi connectivity index (χ1v) is 12.4. The molecule has 174 valence electrons. The standard InChI is InChI=1S/C25H25N5O2S2/c1-32-18-12-10-17(11-13-18)28-25(33)27-16-8-6-15(7-9-16)26-14-21-29-23(31)22-19-4-2-3-5-20(19)34-24(22)30-21/h6-13,26H,2-5,14H2,1H3,(H2,27,28,33)(H,29,30,31). The largest absolute Gasteiger partial charge is 0.497 e. The van der Waals surface area contributed by atoms with Crippen LogP contribution >= 0.6 is 23.6 Å². The molecule has 0 aliphatic heterocycles. The molecule has 2 heterocycles. The van der Waals surface area contributed by atoms with Gasteiger partial charge in [0.15, 0.2) is 5.11 Å². The molecule has 0 saturated heterocycles. The second-order valence-corrected chi connectivity index (χ2v) is 9.63. The zero-order chi connectivity index (χ0) is 23.5. The lowest BCUT2D eigenvalue weighted by Crippen LogP contribution is -2.19. The minimum atomic E-state index is -0.0291. The first-order chi connectivity index (χ1) is 16.6. The molecule has 0 atom stereocenters. The molecule has 2 aromatic heterocycles. The Labute approximate surface area is 206 Å². The van der Waals surface area contributed by atoms with Crippen molar-refractivity contribution in [2.75, 3.05) is 23.1 Å². The lowest BCUT2D eigenvalue weighted by Gasteiger charge is -2.12. The Morgan fingerprint density at radius 1 is 1.03 bits per heavy atom. The maximum atomic E-state index is 12.7. The molecule has 4 aromatic rings. The van der Waals surface area contributed by atoms with E-state index < -0.39 is 0 Å². The lowest BCUT2D eigenvalue weighted by atomic mass is 9.97. The van der Waals surface area contributed by atoms with Gasteiger partial charge in [-0.2, -0.15) is 0 Å². The SMILES string of the molecule is COc1ccc(NC(=S)Nc2ccc(NCc3nc4sc5c(c4c(=O)[nH]3)CCCC5)cc2)cc1. The highest BCUT2D eigenvalue weighted by molar-refractivity contribution is 7.80. The Kier molecular flexibility index (Phi) is 6.46. The van der Waals surface area contributed by atoms with Crippen LogP contribution in [0.5, 0.6) is 5.75 Å². The van der Waals surface area contributed by atoms with Gasteiger partial charge in [-0.1, -0.05) is 0 Å². The minimum Gasteiger partial charge on any atom is -0.497 e. The van der Waals surface area contributed by atoms with E-state index in [1.807, 2.05) is 48.5 Å². The third kappa shape index (κ3) is 4.90. The first kappa shape index (κ1) is 22.4. The van der Waals surface area contributed by atoms with E-state index in [9.17, 15) is 4.79 Å². The number of aromatic nitrogens is 2. The Bertz CT molecular complexity index is 1380. The lowest BCUT2D eigenvalue weighted by molar-refractivity contribution is 0.415. The number of rotatable bonds is 6. The van der Waals surface area contributed by atoms with Gasteiger partial charge in [0, 0.05) is 21.9 Å². The second kappa shape index (κ2) is 9.82. The highest BCUT2D eigenvalue weighted by Crippen LogP contribution is 2.33. The molecule has 0 amide bonds. The smallest absolute Gasteiger partial charge is 0.259 e. The van der Waals surface area contributed by atoms with Crippen LogP contribution in [0.15, 0.2) is 53.3 Å². The summed E-state index contributed by atoms with van der Waals surface area (Å²) in [4.78, 5) is 22.6. The summed E-state index contributed by atoms with van der Waals surface area (Å²) in [7, 11) is 1.64. The summed E-state index contributed by atoms with van der Waals surface area (Å²) in [6.07, 6.45) is 4.38. The number of methoxy groups -OCH3 is 1. The molecule has 0 bridgehead atoms. The van der Waals surface area contributed by atoms with E-state index in [0.717, 1.165) is 52.3 Å². The zero-order valence-electron chi connectivity index (χ0n) is 18.7. The van der Waals surface area contributed by atoms with E-state index in [2.05, 4.69) is 20.9 Å². The van der Waals surface area contributed by atoms with E-state index in [1.54, 1.807) is 18.4 Å². The fraction of sp³-hybridized carbons (Fsp3) is 0.240. The van der Waals surface area contributed by atoms with Gasteiger partial charge in [0.25, 0.3) is 5.56 Å². The fourth-order valence-electron chi connectivity index (χ4n) is 4.12. The molecular formula is C25H25N5O2S2. The van der Waals surface area contributed by atoms with Gasteiger partial charge in [-0.15, -0.1) is 11.3 Å². The molecular weight excluding hydrogens is 466 g/mol. The number of thiocarbonyl (C=S) groups is 1. The van der Waals surface area contributed by atoms with Crippen molar-refractivity contribution in [3.05, 3.63) is 75.1 Å². The van der Waals surface area contributed by atoms with Gasteiger partial charge in [0.2, 0.25) is 0 Å². The van der Waals surface area contributed by atoms with Crippen molar-refractivity contribution in [2.45, 2.75) is 32.2 Å². The molecule has 0 saturated carbocycles. The van der Waals surface area contributed by atoms with Gasteiger partial charge < -0.3 is 25.7 Å². The molecule has 5 rings (SSSR count). The van der Waals surface area contributed by atoms with Crippen molar-refractivity contribution in [3.8, 4) is 5.75 Å². The van der Waals surface area contributed by atoms with Crippen molar-refractivity contribution in [3.63, 3.8) is 0 Å². The van der Waals surface area contributed by atoms with Crippen LogP contribution in [0, 0.1) is 0 Å². The summed E-state index contributed by atoms with van der Waals surface area (Å²) in [5.74, 6) is 1.43. The number of hydrogen-bond acceptors (Lipinski definition) is 6. The number of ether oxygens (including phenoxy) is 1. The zero-order valence-corrected chi connectivity index (χ0v) is 20.4. The van der Waals surface area contributed by atoms with Crippen LogP contribution in [0.3, 0.4) is 0 Å². The molecule has 0 radical (unpaired) electrons. The summed E-state index contributed by atoms with van der Waals surface area (Å²) in [5.41, 5.74) is 3.85. The number of nitrogens with one attached hydrogen (secondary N) is 4. The van der Waals surface area contributed by atoms with Gasteiger partial charge >= 0.3 is 0 Å². The number of nitrogens with zero attached hydrogens (tertiary/aromatic N) is 1. The van der Waals surface area contributed by atoms with Gasteiger partial charge in [-0.05, 0) is 92.0 Å². The van der Waals surface area contributed by atoms with E-state index in [0.29, 0.717) is 17.5 Å². The number of benzene rings is 2. The van der Waals surface area contributed by atoms with Crippen molar-refractivity contribution in [2.24, 2.45) is 0 Å². The molecule has 0 spiro atoms. The molecule has 0 fully saturated rings. The maximum Gasteiger partial charge on any atom is 0.259 e. The summed E-state index contributed by atoms with van der Waals surface area (Å²) in [5, 5.41) is 10.9. The van der Waals surface area contributed by atoms with Crippen LogP contribution in [0.2, 0.25) is 0 Å². The number of anilines is 3. The molecule has 2 aromatic carbocycles. The van der Waals surface area contributed by atoms with E-state index in [1.165, 1.54) is 16.9 Å². The van der Waals surface area contributed by atoms with Crippen molar-refractivity contribution < 1.29 is 4.74 Å². The predicted molar refractivity (Wildman–Crippen MR) is 143 cm³/mol. The third-order valence-corrected chi connectivity index (χ3v) is 7.21. The minimum absolute atomic E-state index is 0.0291. The number of fused-ring (bicyclic) bond motifs is 3. The first-order valence-electron chi connectivity index (χ1n) is 11.2. The van der Waals surface area contributed by atoms with Gasteiger partial charge in [-0.25, -0.2) is 4.98 Å². The van der Waals surface area contributed by atoms with Crippen LogP contribution in [0.1, 0.15) is 29.1 Å². The fourth-order valence-corrected chi connectivity index (χ4v) is 5.63. The number of aryl methyl sites for hydroxylation is 2. The predicted octanol–water partition coefficient (Wildman–Crippen LogP) is 5.29. The van der Waals surface area contributed by atoms with Crippen LogP contribution in [-0.2, 0) is 19.4 Å². The average Bonchev–Trinajstić information content (AvgIpc) is 3.23. The monoisotopic (exact) mass is 491 g/mol. The molecule has 4 N–H and O–H groups in total. The van der Waals surface area contributed by atoms with E-state index >= 15 is 0 Å². The summed E-state index contributed by atoms with van der Waals surface area (Å²) in [6.45, 7) is 0.442. The molecule has 9 heteroatoms. The summed E-state index contributed by atoms with van der Waals surface area (Å²) >= 11 is 7.07. The molecule has 1 aliphatic carbocycles. The number of aromatic amines is 1. The topological polar surface area (TPSA) is 91.1 Å². The molecule has 1 aliphatic rings. The molecule has 7 nitrogen and oxygen atoms in total. The van der Waals surface area contributed by atoms with Gasteiger partial charge in [-0.3, -0.25) is 4.79 Å². The van der Waals surface area contributed by atoms with Gasteiger partial charge in [0.05, 0.1) is 19.0 Å². The second-order valence-electron chi connectivity index (χ2n) is 8.14. The Morgan fingerprint density at radius 2 is 1.68 bits per heavy atom. The van der Waals surface area contributed by atoms with Crippen LogP contribution in [-0.4, -0.2) is 22.2 Å². The van der Waals surface area contributed by atoms with E-state index in [-0.39, 0.29) is 5.56 Å². The third-order valence-electron chi connectivity index (χ3n) is 5.82. The molecule has 34 heavy (non-hydrogen) atoms. The van der Waals surface area contributed by atoms with E-state index in [4.69, 9.17) is 21.9 Å². The van der Waals surface area contributed by atoms with Crippen molar-refractivity contribution in [1.82, 2.24) is 9.97 Å². The summed E-state index contributed by atoms with van der Waals surface area (Å²) < 4.78 is 5.17. The van der Waals surface area contributed by atoms with Crippen molar-refractivity contribution in [1.29, 1.82) is 0 Å². The highest BCUT2D eigenvalue weighted by atomic mass is 32.1. The van der Waals surface area contributed by atoms with Gasteiger partial charge in [0.1, 0.15) is 16.4 Å². The number of thiophene rings is 1. The number of hydrogen-bond donors (Lipinski definition) is 4. The maximum absolute atomic E-state index is 12.7. The average molecular weight is 492 g/mol. The Balaban J connectivity index is 1.19. The summed E-state index contributed by atoms with van der Waals surface area (Å²) in [6, 6.07) is 15.4. The normalized spacial score (nSPS) is 12.7. The van der Waals surface area contributed by atoms with Crippen LogP contribution in [0.25, 0.3) is 10.2 Å². The van der Waals surface area contributed by atoms with Crippen molar-refractivity contribution >= 4 is 55.9 Å². The Morgan fingerprint density at radius 3 is 2.38 bits per heavy atom. The Hall–Kier alpha value is -3.43. The quantitative estimate of drug-likeness (QED) is 0.272. The van der Waals surface area contributed by atoms with Crippen LogP contribution in [0.4, 0.5) is 17.1 Å².